The van der Waals surface area contributed by atoms with Gasteiger partial charge in [-0.05, 0) is 42.5 Å². The van der Waals surface area contributed by atoms with Crippen molar-refractivity contribution < 1.29 is 13.6 Å². The highest BCUT2D eigenvalue weighted by Crippen LogP contribution is 2.23. The number of carbonyl (C=O) groups is 1. The van der Waals surface area contributed by atoms with Crippen molar-refractivity contribution in [2.24, 2.45) is 11.7 Å². The van der Waals surface area contributed by atoms with Crippen molar-refractivity contribution in [3.63, 3.8) is 0 Å². The summed E-state index contributed by atoms with van der Waals surface area (Å²) in [5.41, 5.74) is 7.15. The van der Waals surface area contributed by atoms with Crippen LogP contribution in [0.15, 0.2) is 41.0 Å². The number of rotatable bonds is 4. The molecule has 0 radical (unpaired) electrons. The molecule has 0 bridgehead atoms. The van der Waals surface area contributed by atoms with Crippen LogP contribution in [0.3, 0.4) is 0 Å². The molecule has 2 aromatic rings. The van der Waals surface area contributed by atoms with Crippen LogP contribution in [0.25, 0.3) is 0 Å². The lowest BCUT2D eigenvalue weighted by Crippen LogP contribution is -2.28. The molecule has 1 aromatic carbocycles. The summed E-state index contributed by atoms with van der Waals surface area (Å²) < 4.78 is 18.1. The molecule has 116 valence electrons. The second kappa shape index (κ2) is 6.32. The van der Waals surface area contributed by atoms with E-state index in [9.17, 15) is 9.18 Å². The Morgan fingerprint density at radius 2 is 2.14 bits per heavy atom. The zero-order valence-corrected chi connectivity index (χ0v) is 12.3. The molecule has 1 amide bonds. The van der Waals surface area contributed by atoms with Crippen molar-refractivity contribution >= 4 is 5.91 Å². The number of nitrogens with two attached hydrogens (primary N) is 1. The first-order valence-corrected chi connectivity index (χ1v) is 7.47. The first-order chi connectivity index (χ1) is 10.7. The number of likely N-dealkylation sites (tertiary alicyclic amines) is 1. The van der Waals surface area contributed by atoms with Gasteiger partial charge in [0.25, 0.3) is 5.91 Å². The molecule has 2 N–H and O–H groups in total. The first-order valence-electron chi connectivity index (χ1n) is 7.47. The van der Waals surface area contributed by atoms with Gasteiger partial charge in [0.2, 0.25) is 0 Å². The van der Waals surface area contributed by atoms with Crippen LogP contribution in [0, 0.1) is 11.7 Å². The summed E-state index contributed by atoms with van der Waals surface area (Å²) in [6.45, 7) is 1.76. The van der Waals surface area contributed by atoms with Gasteiger partial charge in [-0.3, -0.25) is 4.79 Å². The molecule has 0 spiro atoms. The van der Waals surface area contributed by atoms with E-state index in [1.165, 1.54) is 18.4 Å². The summed E-state index contributed by atoms with van der Waals surface area (Å²) in [6, 6.07) is 8.28. The normalized spacial score (nSPS) is 17.9. The van der Waals surface area contributed by atoms with Crippen molar-refractivity contribution in [3.05, 3.63) is 59.3 Å². The van der Waals surface area contributed by atoms with Gasteiger partial charge in [0.05, 0.1) is 12.1 Å². The maximum atomic E-state index is 12.9. The molecule has 0 aliphatic carbocycles. The van der Waals surface area contributed by atoms with Gasteiger partial charge < -0.3 is 15.1 Å². The number of amides is 1. The predicted molar refractivity (Wildman–Crippen MR) is 80.7 cm³/mol. The van der Waals surface area contributed by atoms with Crippen molar-refractivity contribution in [1.29, 1.82) is 0 Å². The standard InChI is InChI=1S/C17H19FN2O2/c18-15-3-1-12(2-4-15)7-13-5-6-20(10-13)17(21)14-8-16(9-19)22-11-14/h1-4,8,11,13H,5-7,9-10,19H2. The lowest BCUT2D eigenvalue weighted by Gasteiger charge is -2.15. The Morgan fingerprint density at radius 3 is 2.82 bits per heavy atom. The molecule has 1 aliphatic heterocycles. The Hall–Kier alpha value is -2.14. The quantitative estimate of drug-likeness (QED) is 0.944. The zero-order chi connectivity index (χ0) is 15.5. The maximum absolute atomic E-state index is 12.9. The van der Waals surface area contributed by atoms with Crippen LogP contribution in [0.4, 0.5) is 4.39 Å². The Morgan fingerprint density at radius 1 is 1.36 bits per heavy atom. The van der Waals surface area contributed by atoms with E-state index in [1.807, 2.05) is 17.0 Å². The summed E-state index contributed by atoms with van der Waals surface area (Å²) in [5, 5.41) is 0. The van der Waals surface area contributed by atoms with E-state index in [0.717, 1.165) is 31.5 Å². The molecule has 1 aliphatic rings. The molecule has 2 heterocycles. The summed E-state index contributed by atoms with van der Waals surface area (Å²) in [6.07, 6.45) is 3.30. The monoisotopic (exact) mass is 302 g/mol. The van der Waals surface area contributed by atoms with Crippen LogP contribution in [0.5, 0.6) is 0 Å². The summed E-state index contributed by atoms with van der Waals surface area (Å²) >= 11 is 0. The van der Waals surface area contributed by atoms with E-state index in [-0.39, 0.29) is 11.7 Å². The highest BCUT2D eigenvalue weighted by molar-refractivity contribution is 5.94. The van der Waals surface area contributed by atoms with Crippen LogP contribution in [0.1, 0.15) is 28.1 Å². The van der Waals surface area contributed by atoms with Gasteiger partial charge in [-0.2, -0.15) is 0 Å². The third kappa shape index (κ3) is 3.20. The van der Waals surface area contributed by atoms with E-state index in [4.69, 9.17) is 10.2 Å². The fraction of sp³-hybridized carbons (Fsp3) is 0.353. The van der Waals surface area contributed by atoms with Gasteiger partial charge in [-0.15, -0.1) is 0 Å². The number of nitrogens with zero attached hydrogens (tertiary/aromatic N) is 1. The van der Waals surface area contributed by atoms with E-state index >= 15 is 0 Å². The second-order valence-corrected chi connectivity index (χ2v) is 5.74. The molecule has 1 atom stereocenters. The molecule has 1 aromatic heterocycles. The molecule has 1 unspecified atom stereocenters. The van der Waals surface area contributed by atoms with Gasteiger partial charge in [0.15, 0.2) is 0 Å². The molecule has 4 nitrogen and oxygen atoms in total. The van der Waals surface area contributed by atoms with Crippen molar-refractivity contribution in [2.45, 2.75) is 19.4 Å². The topological polar surface area (TPSA) is 59.5 Å². The minimum absolute atomic E-state index is 0.00921. The summed E-state index contributed by atoms with van der Waals surface area (Å²) in [4.78, 5) is 14.2. The van der Waals surface area contributed by atoms with Crippen LogP contribution < -0.4 is 5.73 Å². The highest BCUT2D eigenvalue weighted by atomic mass is 19.1. The maximum Gasteiger partial charge on any atom is 0.257 e. The Balaban J connectivity index is 1.59. The first kappa shape index (κ1) is 14.8. The van der Waals surface area contributed by atoms with Gasteiger partial charge in [0, 0.05) is 13.1 Å². The SMILES string of the molecule is NCc1cc(C(=O)N2CCC(Cc3ccc(F)cc3)C2)co1. The molecule has 1 fully saturated rings. The van der Waals surface area contributed by atoms with Crippen LogP contribution in [-0.2, 0) is 13.0 Å². The average molecular weight is 302 g/mol. The summed E-state index contributed by atoms with van der Waals surface area (Å²) in [7, 11) is 0. The van der Waals surface area contributed by atoms with E-state index in [2.05, 4.69) is 0 Å². The lowest BCUT2D eigenvalue weighted by atomic mass is 9.99. The van der Waals surface area contributed by atoms with Crippen LogP contribution in [0.2, 0.25) is 0 Å². The second-order valence-electron chi connectivity index (χ2n) is 5.74. The highest BCUT2D eigenvalue weighted by Gasteiger charge is 2.27. The number of hydrogen-bond acceptors (Lipinski definition) is 3. The Kier molecular flexibility index (Phi) is 4.24. The predicted octanol–water partition coefficient (Wildman–Crippen LogP) is 2.58. The molecule has 0 saturated carbocycles. The fourth-order valence-electron chi connectivity index (χ4n) is 2.92. The van der Waals surface area contributed by atoms with Crippen molar-refractivity contribution in [1.82, 2.24) is 4.90 Å². The van der Waals surface area contributed by atoms with Crippen molar-refractivity contribution in [3.8, 4) is 0 Å². The number of benzene rings is 1. The van der Waals surface area contributed by atoms with E-state index in [1.54, 1.807) is 6.07 Å². The molecule has 22 heavy (non-hydrogen) atoms. The number of halogens is 1. The number of hydrogen-bond donors (Lipinski definition) is 1. The zero-order valence-electron chi connectivity index (χ0n) is 12.3. The fourth-order valence-corrected chi connectivity index (χ4v) is 2.92. The van der Waals surface area contributed by atoms with Crippen LogP contribution >= 0.6 is 0 Å². The minimum Gasteiger partial charge on any atom is -0.467 e. The third-order valence-electron chi connectivity index (χ3n) is 4.11. The molecule has 5 heteroatoms. The molecular formula is C17H19FN2O2. The number of carbonyl (C=O) groups excluding carboxylic acids is 1. The van der Waals surface area contributed by atoms with Crippen molar-refractivity contribution in [2.75, 3.05) is 13.1 Å². The molecular weight excluding hydrogens is 283 g/mol. The van der Waals surface area contributed by atoms with Gasteiger partial charge in [-0.1, -0.05) is 12.1 Å². The Bertz CT molecular complexity index is 651. The minimum atomic E-state index is -0.220. The number of furan rings is 1. The smallest absolute Gasteiger partial charge is 0.257 e. The molecule has 3 rings (SSSR count). The molecule has 1 saturated heterocycles. The summed E-state index contributed by atoms with van der Waals surface area (Å²) in [5.74, 6) is 0.799. The third-order valence-corrected chi connectivity index (χ3v) is 4.11. The van der Waals surface area contributed by atoms with Gasteiger partial charge >= 0.3 is 0 Å². The largest absolute Gasteiger partial charge is 0.467 e. The lowest BCUT2D eigenvalue weighted by molar-refractivity contribution is 0.0786. The van der Waals surface area contributed by atoms with Crippen LogP contribution in [-0.4, -0.2) is 23.9 Å². The van der Waals surface area contributed by atoms with Gasteiger partial charge in [-0.25, -0.2) is 4.39 Å². The van der Waals surface area contributed by atoms with E-state index < -0.39 is 0 Å². The van der Waals surface area contributed by atoms with E-state index in [0.29, 0.717) is 23.8 Å². The average Bonchev–Trinajstić information content (AvgIpc) is 3.18. The Labute approximate surface area is 128 Å². The van der Waals surface area contributed by atoms with Gasteiger partial charge in [0.1, 0.15) is 17.8 Å².